The second-order valence-corrected chi connectivity index (χ2v) is 33.1. The first-order valence-corrected chi connectivity index (χ1v) is 41.4. The highest BCUT2D eigenvalue weighted by Crippen LogP contribution is 2.42. The molecule has 8 aliphatic rings. The van der Waals surface area contributed by atoms with E-state index in [-0.39, 0.29) is 35.1 Å². The molecule has 0 spiro atoms. The Morgan fingerprint density at radius 2 is 0.992 bits per heavy atom. The topological polar surface area (TPSA) is 325 Å². The number of morpholine rings is 3. The number of β-amino-alcohol motifs (C(OH)–C–C–N with tert-alkyl or cyclic N) is 2. The predicted molar refractivity (Wildman–Crippen MR) is 458 cm³/mol. The molecular weight excluding hydrogens is 1520 g/mol. The fraction of sp³-hybridized carbons (Fsp3) is 0.382. The predicted octanol–water partition coefficient (Wildman–Crippen LogP) is 10.5. The number of aromatic nitrogens is 11. The minimum atomic E-state index is -0.756. The Labute approximate surface area is 693 Å². The molecule has 8 aliphatic heterocycles. The van der Waals surface area contributed by atoms with Crippen molar-refractivity contribution in [2.24, 2.45) is 19.5 Å². The van der Waals surface area contributed by atoms with Crippen LogP contribution in [0.1, 0.15) is 101 Å². The number of rotatable bonds is 18. The Morgan fingerprint density at radius 1 is 0.508 bits per heavy atom. The molecule has 31 heteroatoms. The molecule has 1 aromatic carbocycles. The Kier molecular flexibility index (Phi) is 21.9. The first kappa shape index (κ1) is 79.0. The number of ether oxygens (including phenoxy) is 3. The summed E-state index contributed by atoms with van der Waals surface area (Å²) in [5, 5.41) is 43.6. The van der Waals surface area contributed by atoms with E-state index in [0.717, 1.165) is 200 Å². The highest BCUT2D eigenvalue weighted by Gasteiger charge is 2.40. The highest BCUT2D eigenvalue weighted by atomic mass is 19.1. The SMILES string of the molecule is CCC(C)(C)[C@@H]1CN(c2ccc(Nc3ccc(-c4cnc5cc(F)ccn45)c4c3C(=O)NC4)nc2)CCO1.Cn1ccc2c(-c3ncc(Nc4ccc(N5CCC[C@@](O)(CN6CCOCC6)C5)cn4)c4c3CNC4=O)ccnc21.Cn1ccc2c(-c3ncc(Nc4ccc(N5CCC[C@](O)(CN6CCOCC6)C5)cn4)c4c3CNC4=O)ccnc21. The number of fused-ring (bicyclic) bond motifs is 6. The molecule has 5 saturated heterocycles. The maximum Gasteiger partial charge on any atom is 0.254 e. The van der Waals surface area contributed by atoms with Gasteiger partial charge in [-0.05, 0) is 116 Å². The lowest BCUT2D eigenvalue weighted by atomic mass is 9.83. The van der Waals surface area contributed by atoms with Crippen molar-refractivity contribution >= 4 is 97.0 Å². The average Bonchev–Trinajstić information content (AvgIpc) is 1.60. The number of benzene rings is 1. The number of aryl methyl sites for hydroxylation is 2. The van der Waals surface area contributed by atoms with Gasteiger partial charge in [0.2, 0.25) is 0 Å². The molecule has 0 radical (unpaired) electrons. The third-order valence-corrected chi connectivity index (χ3v) is 24.8. The molecule has 0 unspecified atom stereocenters. The minimum Gasteiger partial charge on any atom is -0.387 e. The van der Waals surface area contributed by atoms with Crippen LogP contribution in [0.15, 0.2) is 153 Å². The van der Waals surface area contributed by atoms with Crippen LogP contribution >= 0.6 is 0 Å². The lowest BCUT2D eigenvalue weighted by Crippen LogP contribution is -2.56. The normalized spacial score (nSPS) is 20.1. The van der Waals surface area contributed by atoms with E-state index in [9.17, 15) is 29.0 Å². The maximum atomic E-state index is 13.7. The number of aliphatic hydroxyl groups is 2. The van der Waals surface area contributed by atoms with Crippen molar-refractivity contribution in [1.82, 2.24) is 79.2 Å². The van der Waals surface area contributed by atoms with Gasteiger partial charge >= 0.3 is 0 Å². The van der Waals surface area contributed by atoms with Crippen LogP contribution in [0, 0.1) is 11.2 Å². The molecule has 0 saturated carbocycles. The Bertz CT molecular complexity index is 5590. The number of halogens is 1. The fourth-order valence-electron chi connectivity index (χ4n) is 17.9. The third-order valence-electron chi connectivity index (χ3n) is 24.8. The summed E-state index contributed by atoms with van der Waals surface area (Å²) in [6.45, 7) is 20.9. The van der Waals surface area contributed by atoms with Crippen LogP contribution in [0.5, 0.6) is 0 Å². The summed E-state index contributed by atoms with van der Waals surface area (Å²) in [7, 11) is 3.93. The first-order valence-electron chi connectivity index (χ1n) is 41.4. The summed E-state index contributed by atoms with van der Waals surface area (Å²) in [6.07, 6.45) is 24.5. The quantitative estimate of drug-likeness (QED) is 0.0396. The molecule has 19 heterocycles. The molecule has 8 N–H and O–H groups in total. The van der Waals surface area contributed by atoms with Gasteiger partial charge < -0.3 is 80.2 Å². The van der Waals surface area contributed by atoms with Gasteiger partial charge in [-0.2, -0.15) is 0 Å². The zero-order valence-corrected chi connectivity index (χ0v) is 68.1. The van der Waals surface area contributed by atoms with Crippen molar-refractivity contribution in [3.63, 3.8) is 0 Å². The van der Waals surface area contributed by atoms with E-state index in [1.165, 1.54) is 12.1 Å². The van der Waals surface area contributed by atoms with Crippen molar-refractivity contribution in [1.29, 1.82) is 0 Å². The number of piperidine rings is 2. The van der Waals surface area contributed by atoms with E-state index in [1.807, 2.05) is 125 Å². The smallest absolute Gasteiger partial charge is 0.254 e. The monoisotopic (exact) mass is 1620 g/mol. The summed E-state index contributed by atoms with van der Waals surface area (Å²) in [5.41, 5.74) is 15.3. The summed E-state index contributed by atoms with van der Waals surface area (Å²) >= 11 is 0. The maximum absolute atomic E-state index is 13.7. The van der Waals surface area contributed by atoms with Gasteiger partial charge in [0.15, 0.2) is 0 Å². The van der Waals surface area contributed by atoms with E-state index in [2.05, 4.69) is 113 Å². The molecule has 3 amide bonds. The van der Waals surface area contributed by atoms with Crippen LogP contribution < -0.4 is 46.6 Å². The van der Waals surface area contributed by atoms with Crippen molar-refractivity contribution in [3.8, 4) is 33.8 Å². The van der Waals surface area contributed by atoms with Crippen molar-refractivity contribution in [3.05, 3.63) is 192 Å². The van der Waals surface area contributed by atoms with Gasteiger partial charge in [0.25, 0.3) is 17.7 Å². The van der Waals surface area contributed by atoms with Crippen LogP contribution in [0.2, 0.25) is 0 Å². The van der Waals surface area contributed by atoms with Crippen LogP contribution in [0.25, 0.3) is 61.5 Å². The molecule has 3 atom stereocenters. The van der Waals surface area contributed by atoms with Crippen LogP contribution in [-0.4, -0.2) is 220 Å². The van der Waals surface area contributed by atoms with Gasteiger partial charge in [-0.3, -0.25) is 38.6 Å². The number of hydrogen-bond donors (Lipinski definition) is 8. The van der Waals surface area contributed by atoms with Gasteiger partial charge in [-0.25, -0.2) is 34.3 Å². The Morgan fingerprint density at radius 3 is 1.48 bits per heavy atom. The van der Waals surface area contributed by atoms with E-state index in [1.54, 1.807) is 37.2 Å². The van der Waals surface area contributed by atoms with Gasteiger partial charge in [-0.1, -0.05) is 26.8 Å². The number of pyridine rings is 8. The molecule has 120 heavy (non-hydrogen) atoms. The Balaban J connectivity index is 0.000000124. The van der Waals surface area contributed by atoms with Gasteiger partial charge in [0.05, 0.1) is 155 Å². The largest absolute Gasteiger partial charge is 0.387 e. The van der Waals surface area contributed by atoms with Gasteiger partial charge in [0.1, 0.15) is 40.2 Å². The van der Waals surface area contributed by atoms with Crippen LogP contribution in [0.4, 0.5) is 56.0 Å². The molecule has 0 bridgehead atoms. The molecule has 5 fully saturated rings. The Hall–Kier alpha value is -12.1. The number of carbonyl (C=O) groups is 3. The lowest BCUT2D eigenvalue weighted by Gasteiger charge is -2.43. The van der Waals surface area contributed by atoms with E-state index >= 15 is 0 Å². The molecular formula is C89H99FN22O8. The minimum absolute atomic E-state index is 0.111. The molecule has 11 aromatic heterocycles. The molecule has 620 valence electrons. The van der Waals surface area contributed by atoms with E-state index in [0.29, 0.717) is 109 Å². The van der Waals surface area contributed by atoms with Crippen molar-refractivity contribution in [2.75, 3.05) is 142 Å². The number of carbonyl (C=O) groups excluding carboxylic acids is 3. The molecule has 30 nitrogen and oxygen atoms in total. The average molecular weight is 1620 g/mol. The number of hydrogen-bond acceptors (Lipinski definition) is 24. The fourth-order valence-corrected chi connectivity index (χ4v) is 17.9. The summed E-state index contributed by atoms with van der Waals surface area (Å²) in [6, 6.07) is 26.4. The second-order valence-electron chi connectivity index (χ2n) is 33.1. The van der Waals surface area contributed by atoms with Crippen molar-refractivity contribution < 1.29 is 43.2 Å². The molecule has 20 rings (SSSR count). The number of nitrogens with one attached hydrogen (secondary N) is 6. The van der Waals surface area contributed by atoms with Crippen molar-refractivity contribution in [2.45, 2.75) is 89.8 Å². The number of amides is 3. The van der Waals surface area contributed by atoms with Gasteiger partial charge in [0, 0.05) is 188 Å². The second kappa shape index (κ2) is 33.2. The van der Waals surface area contributed by atoms with Gasteiger partial charge in [-0.15, -0.1) is 0 Å². The van der Waals surface area contributed by atoms with E-state index < -0.39 is 11.2 Å². The highest BCUT2D eigenvalue weighted by molar-refractivity contribution is 6.09. The van der Waals surface area contributed by atoms with Crippen LogP contribution in [0.3, 0.4) is 0 Å². The zero-order chi connectivity index (χ0) is 82.4. The third kappa shape index (κ3) is 16.1. The number of nitrogens with zero attached hydrogens (tertiary/aromatic N) is 16. The summed E-state index contributed by atoms with van der Waals surface area (Å²) in [5.74, 6) is 1.17. The zero-order valence-electron chi connectivity index (χ0n) is 68.1. The van der Waals surface area contributed by atoms with Crippen LogP contribution in [-0.2, 0) is 47.9 Å². The lowest BCUT2D eigenvalue weighted by molar-refractivity contribution is -0.0385. The number of imidazole rings is 1. The molecule has 0 aliphatic carbocycles. The summed E-state index contributed by atoms with van der Waals surface area (Å²) in [4.78, 5) is 86.9. The summed E-state index contributed by atoms with van der Waals surface area (Å²) < 4.78 is 36.4. The van der Waals surface area contributed by atoms with E-state index in [4.69, 9.17) is 24.2 Å². The number of anilines is 9. The standard InChI is InChI=1S/2C30H34N8O3.C29H31FN6O2/c2*1-36-10-6-22-21(5-8-31-28(22)36)27-23-16-34-29(39)26(23)24(17-33-27)35-25-4-3-20(15-32-25)38-9-2-7-30(40,19-38)18-37-11-13-41-14-12-37;1-4-29(2,3)24-17-35(11-12-38-24)19-5-8-25(31-14-19)34-22-7-6-20(21-15-33-28(37)27(21)22)23-16-32-26-13-18(30)9-10-36(23)26/h2*3-6,8,10,15,17,40H,2,7,9,11-14,16,18-19H2,1H3,(H,32,35)(H,34,39);5-10,13-14,16,24H,4,11-12,15,17H2,1-3H3,(H,31,34)(H,33,37)/t2*30-;24-/m100/s1. The first-order chi connectivity index (χ1) is 58.3. The molecule has 12 aromatic rings.